The van der Waals surface area contributed by atoms with Gasteiger partial charge in [0.1, 0.15) is 0 Å². The first kappa shape index (κ1) is 38.7. The summed E-state index contributed by atoms with van der Waals surface area (Å²) in [5.74, 6) is 0. The van der Waals surface area contributed by atoms with Crippen LogP contribution < -0.4 is 0 Å². The Morgan fingerprint density at radius 1 is 0.667 bits per heavy atom. The fraction of sp³-hybridized carbons (Fsp3) is 0.667. The minimum Gasteiger partial charge on any atom is -0.423 e. The fourth-order valence-corrected chi connectivity index (χ4v) is 8.60. The van der Waals surface area contributed by atoms with E-state index in [-0.39, 0.29) is 62.2 Å². The van der Waals surface area contributed by atoms with E-state index in [0.717, 1.165) is 33.3 Å². The molecule has 0 heterocycles. The van der Waals surface area contributed by atoms with E-state index >= 15 is 0 Å². The molecule has 0 amide bonds. The Bertz CT molecular complexity index is 729. The molecule has 0 spiro atoms. The molecule has 2 rings (SSSR count). The monoisotopic (exact) mass is 640 g/mol. The molecule has 2 aliphatic rings. The van der Waals surface area contributed by atoms with Gasteiger partial charge >= 0.3 is 26.2 Å². The molecule has 190 valence electrons. The second-order valence-electron chi connectivity index (χ2n) is 10.8. The minimum atomic E-state index is -1.51. The van der Waals surface area contributed by atoms with Gasteiger partial charge in [0.05, 0.1) is 0 Å². The van der Waals surface area contributed by atoms with Gasteiger partial charge in [-0.3, -0.25) is 0 Å². The van der Waals surface area contributed by atoms with Crippen molar-refractivity contribution in [3.05, 3.63) is 44.8 Å². The standard InChI is InChI=1S/2C12H23OSi2.2ClH.Zr/c2*1-7-12(13-15(4,5)6)8-11(14)9(2)10(12)3;;;/h2*7H2,1-6,14H3;2*1H;/q2*-1;;;+2. The molecule has 0 aliphatic heterocycles. The van der Waals surface area contributed by atoms with E-state index in [1.165, 1.54) is 32.7 Å². The van der Waals surface area contributed by atoms with E-state index in [1.54, 1.807) is 0 Å². The summed E-state index contributed by atoms with van der Waals surface area (Å²) in [5, 5.41) is 2.79. The summed E-state index contributed by atoms with van der Waals surface area (Å²) in [7, 11) is -0.872. The largest absolute Gasteiger partial charge is 2.00 e. The zero-order valence-corrected chi connectivity index (χ0v) is 33.6. The molecule has 9 heteroatoms. The Morgan fingerprint density at radius 2 is 0.909 bits per heavy atom. The predicted octanol–water partition coefficient (Wildman–Crippen LogP) is 5.62. The van der Waals surface area contributed by atoms with Gasteiger partial charge in [0.25, 0.3) is 0 Å². The van der Waals surface area contributed by atoms with Crippen molar-refractivity contribution in [1.29, 1.82) is 0 Å². The maximum Gasteiger partial charge on any atom is 2.00 e. The van der Waals surface area contributed by atoms with E-state index in [2.05, 4.69) is 93.0 Å². The quantitative estimate of drug-likeness (QED) is 0.277. The van der Waals surface area contributed by atoms with Crippen LogP contribution in [0.15, 0.2) is 32.7 Å². The van der Waals surface area contributed by atoms with Crippen molar-refractivity contribution < 1.29 is 35.1 Å². The molecule has 2 aliphatic carbocycles. The van der Waals surface area contributed by atoms with E-state index < -0.39 is 16.6 Å². The van der Waals surface area contributed by atoms with Crippen LogP contribution in [0.4, 0.5) is 0 Å². The third kappa shape index (κ3) is 9.88. The Kier molecular flexibility index (Phi) is 16.7. The van der Waals surface area contributed by atoms with Crippen LogP contribution in [0.2, 0.25) is 39.3 Å². The summed E-state index contributed by atoms with van der Waals surface area (Å²) in [6, 6.07) is 0. The van der Waals surface area contributed by atoms with Crippen molar-refractivity contribution in [3.8, 4) is 0 Å². The molecule has 2 atom stereocenters. The Balaban J connectivity index is -0.000000500. The van der Waals surface area contributed by atoms with Crippen LogP contribution >= 0.6 is 24.8 Å². The molecular weight excluding hydrogens is 595 g/mol. The SMILES string of the molecule is CCC1(O[Si](C)(C)C)[C-]=C([SiH3])C(C)=C1C.CCC1(O[Si](C)(C)C)[C-]=C([SiH3])C(C)=C1C.Cl.Cl.[Zr+2]. The molecule has 2 nitrogen and oxygen atoms in total. The summed E-state index contributed by atoms with van der Waals surface area (Å²) in [5.41, 5.74) is 5.23. The molecule has 0 radical (unpaired) electrons. The number of hydrogen-bond acceptors (Lipinski definition) is 2. The van der Waals surface area contributed by atoms with Crippen molar-refractivity contribution in [1.82, 2.24) is 0 Å². The van der Waals surface area contributed by atoms with Crippen LogP contribution in [0.25, 0.3) is 0 Å². The Hall–Kier alpha value is 1.21. The number of allylic oxidation sites excluding steroid dienone is 4. The number of rotatable bonds is 6. The van der Waals surface area contributed by atoms with E-state index in [0.29, 0.717) is 0 Å². The predicted molar refractivity (Wildman–Crippen MR) is 160 cm³/mol. The molecule has 0 fully saturated rings. The average molecular weight is 643 g/mol. The van der Waals surface area contributed by atoms with Gasteiger partial charge in [-0.1, -0.05) is 27.7 Å². The normalized spacial score (nSPS) is 25.0. The van der Waals surface area contributed by atoms with Crippen LogP contribution in [-0.2, 0) is 35.1 Å². The number of hydrogen-bond donors (Lipinski definition) is 0. The molecule has 0 saturated carbocycles. The topological polar surface area (TPSA) is 18.5 Å². The van der Waals surface area contributed by atoms with Gasteiger partial charge in [-0.25, -0.2) is 22.5 Å². The third-order valence-electron chi connectivity index (χ3n) is 6.20. The van der Waals surface area contributed by atoms with Crippen molar-refractivity contribution in [2.24, 2.45) is 0 Å². The molecule has 0 bridgehead atoms. The second-order valence-corrected chi connectivity index (χ2v) is 21.6. The van der Waals surface area contributed by atoms with Gasteiger partial charge in [0, 0.05) is 11.2 Å². The van der Waals surface area contributed by atoms with Gasteiger partial charge in [0.2, 0.25) is 0 Å². The Labute approximate surface area is 245 Å². The summed E-state index contributed by atoms with van der Waals surface area (Å²) in [4.78, 5) is 0. The molecule has 0 aromatic rings. The van der Waals surface area contributed by atoms with Crippen LogP contribution in [0.5, 0.6) is 0 Å². The fourth-order valence-electron chi connectivity index (χ4n) is 4.25. The van der Waals surface area contributed by atoms with Gasteiger partial charge in [0.15, 0.2) is 16.6 Å². The zero-order chi connectivity index (χ0) is 23.7. The van der Waals surface area contributed by atoms with Crippen molar-refractivity contribution in [3.63, 3.8) is 0 Å². The summed E-state index contributed by atoms with van der Waals surface area (Å²) in [6.07, 6.45) is 9.19. The van der Waals surface area contributed by atoms with Crippen LogP contribution in [-0.4, -0.2) is 48.3 Å². The maximum atomic E-state index is 6.36. The van der Waals surface area contributed by atoms with Crippen LogP contribution in [0.1, 0.15) is 54.4 Å². The van der Waals surface area contributed by atoms with E-state index in [1.807, 2.05) is 0 Å². The molecule has 33 heavy (non-hydrogen) atoms. The Morgan fingerprint density at radius 3 is 1.03 bits per heavy atom. The third-order valence-corrected chi connectivity index (χ3v) is 10.1. The molecular formula is C24H48Cl2O2Si4Zr. The van der Waals surface area contributed by atoms with Gasteiger partial charge in [-0.05, 0) is 72.6 Å². The van der Waals surface area contributed by atoms with Gasteiger partial charge in [-0.15, -0.1) is 49.8 Å². The minimum absolute atomic E-state index is 0. The average Bonchev–Trinajstić information content (AvgIpc) is 2.93. The molecule has 0 N–H and O–H groups in total. The first-order chi connectivity index (χ1) is 13.4. The maximum absolute atomic E-state index is 6.36. The van der Waals surface area contributed by atoms with E-state index in [9.17, 15) is 0 Å². The summed E-state index contributed by atoms with van der Waals surface area (Å²) < 4.78 is 12.7. The van der Waals surface area contributed by atoms with Crippen molar-refractivity contribution in [2.75, 3.05) is 0 Å². The number of halogens is 2. The van der Waals surface area contributed by atoms with Gasteiger partial charge < -0.3 is 8.85 Å². The second kappa shape index (κ2) is 14.2. The van der Waals surface area contributed by atoms with E-state index in [4.69, 9.17) is 8.85 Å². The van der Waals surface area contributed by atoms with Crippen molar-refractivity contribution in [2.45, 2.75) is 105 Å². The molecule has 0 aromatic heterocycles. The smallest absolute Gasteiger partial charge is 0.423 e. The van der Waals surface area contributed by atoms with Gasteiger partial charge in [-0.2, -0.15) is 11.1 Å². The molecule has 2 unspecified atom stereocenters. The zero-order valence-electron chi connectivity index (χ0n) is 23.5. The first-order valence-corrected chi connectivity index (χ1v) is 20.3. The summed E-state index contributed by atoms with van der Waals surface area (Å²) in [6.45, 7) is 26.7. The molecule has 0 saturated heterocycles. The molecule has 0 aromatic carbocycles. The first-order valence-electron chi connectivity index (χ1n) is 11.4. The summed E-state index contributed by atoms with van der Waals surface area (Å²) >= 11 is 0. The van der Waals surface area contributed by atoms with Crippen LogP contribution in [0.3, 0.4) is 0 Å². The van der Waals surface area contributed by atoms with Crippen LogP contribution in [0, 0.1) is 12.2 Å². The van der Waals surface area contributed by atoms with Crippen molar-refractivity contribution >= 4 is 61.9 Å².